The summed E-state index contributed by atoms with van der Waals surface area (Å²) in [5.41, 5.74) is 1.00. The molecule has 1 aromatic rings. The van der Waals surface area contributed by atoms with Crippen LogP contribution in [0, 0.1) is 5.82 Å². The molecule has 1 fully saturated rings. The van der Waals surface area contributed by atoms with Gasteiger partial charge in [-0.2, -0.15) is 0 Å². The maximum Gasteiger partial charge on any atom is 0.315 e. The Hall–Kier alpha value is -1.62. The zero-order chi connectivity index (χ0) is 12.8. The van der Waals surface area contributed by atoms with Crippen LogP contribution < -0.4 is 10.6 Å². The predicted octanol–water partition coefficient (Wildman–Crippen LogP) is 1.46. The lowest BCUT2D eigenvalue weighted by Crippen LogP contribution is -2.42. The van der Waals surface area contributed by atoms with Crippen molar-refractivity contribution in [2.75, 3.05) is 19.8 Å². The minimum absolute atomic E-state index is 0.121. The van der Waals surface area contributed by atoms with Crippen LogP contribution >= 0.6 is 0 Å². The van der Waals surface area contributed by atoms with Gasteiger partial charge in [0.2, 0.25) is 0 Å². The highest BCUT2D eigenvalue weighted by atomic mass is 19.1. The van der Waals surface area contributed by atoms with Crippen molar-refractivity contribution in [1.82, 2.24) is 10.6 Å². The number of nitrogens with one attached hydrogen (secondary N) is 2. The van der Waals surface area contributed by atoms with Crippen molar-refractivity contribution >= 4 is 6.03 Å². The largest absolute Gasteiger partial charge is 0.379 e. The molecular formula is C13H17FN2O2. The Kier molecular flexibility index (Phi) is 4.52. The number of halogens is 1. The zero-order valence-corrected chi connectivity index (χ0v) is 10.1. The Morgan fingerprint density at radius 3 is 2.83 bits per heavy atom. The fourth-order valence-electron chi connectivity index (χ4n) is 1.86. The molecule has 0 bridgehead atoms. The molecule has 0 radical (unpaired) electrons. The van der Waals surface area contributed by atoms with Crippen molar-refractivity contribution in [3.05, 3.63) is 35.6 Å². The van der Waals surface area contributed by atoms with Gasteiger partial charge in [-0.1, -0.05) is 12.1 Å². The molecular weight excluding hydrogens is 235 g/mol. The molecule has 1 atom stereocenters. The molecule has 18 heavy (non-hydrogen) atoms. The normalized spacial score (nSPS) is 18.6. The molecule has 2 amide bonds. The van der Waals surface area contributed by atoms with E-state index in [1.165, 1.54) is 12.1 Å². The molecule has 1 unspecified atom stereocenters. The summed E-state index contributed by atoms with van der Waals surface area (Å²) in [7, 11) is 0. The first kappa shape index (κ1) is 12.8. The smallest absolute Gasteiger partial charge is 0.315 e. The third kappa shape index (κ3) is 4.00. The van der Waals surface area contributed by atoms with E-state index in [-0.39, 0.29) is 17.9 Å². The minimum atomic E-state index is -0.245. The molecule has 0 spiro atoms. The van der Waals surface area contributed by atoms with E-state index in [1.807, 2.05) is 0 Å². The molecule has 1 saturated heterocycles. The van der Waals surface area contributed by atoms with Crippen LogP contribution in [0.2, 0.25) is 0 Å². The van der Waals surface area contributed by atoms with Crippen LogP contribution in [-0.4, -0.2) is 31.8 Å². The lowest BCUT2D eigenvalue weighted by atomic mass is 10.1. The number of benzene rings is 1. The Morgan fingerprint density at radius 2 is 2.17 bits per heavy atom. The SMILES string of the molecule is O=C(NCCc1ccc(F)cc1)NC1CCOC1. The van der Waals surface area contributed by atoms with E-state index in [9.17, 15) is 9.18 Å². The van der Waals surface area contributed by atoms with Gasteiger partial charge in [0.15, 0.2) is 0 Å². The number of hydrogen-bond donors (Lipinski definition) is 2. The van der Waals surface area contributed by atoms with Crippen LogP contribution in [0.5, 0.6) is 0 Å². The fraction of sp³-hybridized carbons (Fsp3) is 0.462. The van der Waals surface area contributed by atoms with Gasteiger partial charge >= 0.3 is 6.03 Å². The summed E-state index contributed by atoms with van der Waals surface area (Å²) in [5.74, 6) is -0.245. The van der Waals surface area contributed by atoms with E-state index in [2.05, 4.69) is 10.6 Å². The van der Waals surface area contributed by atoms with Crippen LogP contribution in [0.1, 0.15) is 12.0 Å². The van der Waals surface area contributed by atoms with Gasteiger partial charge in [0, 0.05) is 13.2 Å². The van der Waals surface area contributed by atoms with Crippen LogP contribution in [0.4, 0.5) is 9.18 Å². The summed E-state index contributed by atoms with van der Waals surface area (Å²) < 4.78 is 17.8. The van der Waals surface area contributed by atoms with Gasteiger partial charge in [-0.15, -0.1) is 0 Å². The van der Waals surface area contributed by atoms with Crippen molar-refractivity contribution in [2.45, 2.75) is 18.9 Å². The van der Waals surface area contributed by atoms with Gasteiger partial charge in [0.05, 0.1) is 12.6 Å². The number of amides is 2. The first-order valence-electron chi connectivity index (χ1n) is 6.10. The standard InChI is InChI=1S/C13H17FN2O2/c14-11-3-1-10(2-4-11)5-7-15-13(17)16-12-6-8-18-9-12/h1-4,12H,5-9H2,(H2,15,16,17). The topological polar surface area (TPSA) is 50.4 Å². The third-order valence-corrected chi connectivity index (χ3v) is 2.88. The molecule has 5 heteroatoms. The number of rotatable bonds is 4. The monoisotopic (exact) mass is 252 g/mol. The highest BCUT2D eigenvalue weighted by molar-refractivity contribution is 5.74. The molecule has 0 aromatic heterocycles. The summed E-state index contributed by atoms with van der Waals surface area (Å²) in [5, 5.41) is 5.61. The van der Waals surface area contributed by atoms with Gasteiger partial charge in [-0.25, -0.2) is 9.18 Å². The highest BCUT2D eigenvalue weighted by Gasteiger charge is 2.17. The lowest BCUT2D eigenvalue weighted by molar-refractivity contribution is 0.188. The second-order valence-electron chi connectivity index (χ2n) is 4.34. The molecule has 0 saturated carbocycles. The van der Waals surface area contributed by atoms with Crippen molar-refractivity contribution in [2.24, 2.45) is 0 Å². The van der Waals surface area contributed by atoms with Crippen molar-refractivity contribution in [3.8, 4) is 0 Å². The van der Waals surface area contributed by atoms with Crippen LogP contribution in [0.25, 0.3) is 0 Å². The summed E-state index contributed by atoms with van der Waals surface area (Å²) in [6.07, 6.45) is 1.56. The van der Waals surface area contributed by atoms with Gasteiger partial charge in [0.1, 0.15) is 5.82 Å². The second-order valence-corrected chi connectivity index (χ2v) is 4.34. The first-order chi connectivity index (χ1) is 8.74. The number of carbonyl (C=O) groups excluding carboxylic acids is 1. The maximum atomic E-state index is 12.7. The number of urea groups is 1. The lowest BCUT2D eigenvalue weighted by Gasteiger charge is -2.11. The Labute approximate surface area is 106 Å². The van der Waals surface area contributed by atoms with E-state index in [4.69, 9.17) is 4.74 Å². The van der Waals surface area contributed by atoms with E-state index < -0.39 is 0 Å². The summed E-state index contributed by atoms with van der Waals surface area (Å²) >= 11 is 0. The molecule has 1 aliphatic rings. The molecule has 98 valence electrons. The first-order valence-corrected chi connectivity index (χ1v) is 6.10. The number of carbonyl (C=O) groups is 1. The van der Waals surface area contributed by atoms with Crippen molar-refractivity contribution < 1.29 is 13.9 Å². The molecule has 1 aromatic carbocycles. The summed E-state index contributed by atoms with van der Waals surface area (Å²) in [4.78, 5) is 11.5. The van der Waals surface area contributed by atoms with Gasteiger partial charge in [-0.3, -0.25) is 0 Å². The van der Waals surface area contributed by atoms with Crippen molar-refractivity contribution in [1.29, 1.82) is 0 Å². The third-order valence-electron chi connectivity index (χ3n) is 2.88. The molecule has 2 N–H and O–H groups in total. The zero-order valence-electron chi connectivity index (χ0n) is 10.1. The van der Waals surface area contributed by atoms with E-state index in [0.29, 0.717) is 26.2 Å². The van der Waals surface area contributed by atoms with E-state index >= 15 is 0 Å². The second kappa shape index (κ2) is 6.35. The number of hydrogen-bond acceptors (Lipinski definition) is 2. The van der Waals surface area contributed by atoms with Crippen LogP contribution in [-0.2, 0) is 11.2 Å². The maximum absolute atomic E-state index is 12.7. The van der Waals surface area contributed by atoms with E-state index in [0.717, 1.165) is 12.0 Å². The quantitative estimate of drug-likeness (QED) is 0.852. The molecule has 1 heterocycles. The molecule has 4 nitrogen and oxygen atoms in total. The molecule has 0 aliphatic carbocycles. The Bertz CT molecular complexity index is 388. The highest BCUT2D eigenvalue weighted by Crippen LogP contribution is 2.04. The Balaban J connectivity index is 1.65. The molecule has 2 rings (SSSR count). The van der Waals surface area contributed by atoms with Crippen molar-refractivity contribution in [3.63, 3.8) is 0 Å². The van der Waals surface area contributed by atoms with Gasteiger partial charge in [0.25, 0.3) is 0 Å². The van der Waals surface area contributed by atoms with Crippen LogP contribution in [0.15, 0.2) is 24.3 Å². The molecule has 1 aliphatic heterocycles. The Morgan fingerprint density at radius 1 is 1.39 bits per heavy atom. The van der Waals surface area contributed by atoms with Crippen LogP contribution in [0.3, 0.4) is 0 Å². The van der Waals surface area contributed by atoms with Gasteiger partial charge < -0.3 is 15.4 Å². The predicted molar refractivity (Wildman–Crippen MR) is 65.9 cm³/mol. The fourth-order valence-corrected chi connectivity index (χ4v) is 1.86. The summed E-state index contributed by atoms with van der Waals surface area (Å²) in [6, 6.07) is 6.24. The van der Waals surface area contributed by atoms with E-state index in [1.54, 1.807) is 12.1 Å². The minimum Gasteiger partial charge on any atom is -0.379 e. The average Bonchev–Trinajstić information content (AvgIpc) is 2.84. The van der Waals surface area contributed by atoms with Gasteiger partial charge in [-0.05, 0) is 30.5 Å². The summed E-state index contributed by atoms with van der Waals surface area (Å²) in [6.45, 7) is 1.83. The number of ether oxygens (including phenoxy) is 1. The average molecular weight is 252 g/mol.